The van der Waals surface area contributed by atoms with Gasteiger partial charge in [0, 0.05) is 25.3 Å². The van der Waals surface area contributed by atoms with E-state index in [2.05, 4.69) is 15.6 Å². The lowest BCUT2D eigenvalue weighted by molar-refractivity contribution is 0.0947. The van der Waals surface area contributed by atoms with Gasteiger partial charge in [0.05, 0.1) is 11.3 Å². The molecular weight excluding hydrogens is 390 g/mol. The number of fused-ring (bicyclic) bond motifs is 1. The topological polar surface area (TPSA) is 67.7 Å². The van der Waals surface area contributed by atoms with Crippen LogP contribution in [-0.2, 0) is 6.61 Å². The maximum Gasteiger partial charge on any atom is 0.270 e. The summed E-state index contributed by atoms with van der Waals surface area (Å²) < 4.78 is 35.2. The van der Waals surface area contributed by atoms with Gasteiger partial charge >= 0.3 is 0 Å². The number of ether oxygens (including phenoxy) is 1. The summed E-state index contributed by atoms with van der Waals surface area (Å²) in [7, 11) is 0. The number of imidazole rings is 1. The van der Waals surface area contributed by atoms with Crippen LogP contribution in [-0.4, -0.2) is 34.4 Å². The number of rotatable bonds is 8. The van der Waals surface area contributed by atoms with Crippen LogP contribution < -0.4 is 15.4 Å². The molecule has 0 bridgehead atoms. The van der Waals surface area contributed by atoms with Crippen LogP contribution in [0.4, 0.5) is 8.78 Å². The van der Waals surface area contributed by atoms with Gasteiger partial charge in [0.1, 0.15) is 23.9 Å². The first-order valence-electron chi connectivity index (χ1n) is 9.84. The lowest BCUT2D eigenvalue weighted by Gasteiger charge is -2.12. The van der Waals surface area contributed by atoms with E-state index >= 15 is 0 Å². The Morgan fingerprint density at radius 1 is 1.20 bits per heavy atom. The number of carbonyl (C=O) groups excluding carboxylic acids is 1. The van der Waals surface area contributed by atoms with E-state index in [1.54, 1.807) is 23.6 Å². The van der Waals surface area contributed by atoms with Gasteiger partial charge in [-0.2, -0.15) is 0 Å². The van der Waals surface area contributed by atoms with Gasteiger partial charge in [0.15, 0.2) is 11.4 Å². The average Bonchev–Trinajstić information content (AvgIpc) is 3.00. The molecule has 8 heteroatoms. The third kappa shape index (κ3) is 4.76. The largest absolute Gasteiger partial charge is 0.485 e. The van der Waals surface area contributed by atoms with Crippen LogP contribution in [0.5, 0.6) is 5.75 Å². The first kappa shape index (κ1) is 21.7. The molecule has 2 N–H and O–H groups in total. The molecule has 0 atom stereocenters. The highest BCUT2D eigenvalue weighted by molar-refractivity contribution is 5.95. The van der Waals surface area contributed by atoms with Crippen LogP contribution in [0.3, 0.4) is 0 Å². The first-order chi connectivity index (χ1) is 14.3. The summed E-state index contributed by atoms with van der Waals surface area (Å²) in [6, 6.07) is 5.74. The molecular formula is C22H26F2N4O2. The van der Waals surface area contributed by atoms with Gasteiger partial charge in [-0.15, -0.1) is 0 Å². The molecule has 0 saturated carbocycles. The van der Waals surface area contributed by atoms with Crippen molar-refractivity contribution >= 4 is 11.6 Å². The molecule has 30 heavy (non-hydrogen) atoms. The van der Waals surface area contributed by atoms with Crippen LogP contribution in [0.15, 0.2) is 30.5 Å². The Morgan fingerprint density at radius 2 is 1.90 bits per heavy atom. The first-order valence-corrected chi connectivity index (χ1v) is 9.84. The fourth-order valence-corrected chi connectivity index (χ4v) is 3.18. The molecule has 0 aliphatic carbocycles. The molecule has 160 valence electrons. The van der Waals surface area contributed by atoms with Crippen molar-refractivity contribution in [1.29, 1.82) is 0 Å². The van der Waals surface area contributed by atoms with Crippen molar-refractivity contribution < 1.29 is 18.3 Å². The lowest BCUT2D eigenvalue weighted by atomic mass is 10.2. The Kier molecular flexibility index (Phi) is 6.66. The van der Waals surface area contributed by atoms with Gasteiger partial charge in [0.25, 0.3) is 5.91 Å². The van der Waals surface area contributed by atoms with E-state index in [-0.39, 0.29) is 18.1 Å². The zero-order valence-corrected chi connectivity index (χ0v) is 17.6. The van der Waals surface area contributed by atoms with Crippen molar-refractivity contribution in [1.82, 2.24) is 20.0 Å². The van der Waals surface area contributed by atoms with Gasteiger partial charge in [-0.1, -0.05) is 19.9 Å². The van der Waals surface area contributed by atoms with Gasteiger partial charge in [-0.05, 0) is 37.6 Å². The maximum atomic E-state index is 13.9. The molecule has 1 amide bonds. The van der Waals surface area contributed by atoms with Crippen LogP contribution >= 0.6 is 0 Å². The van der Waals surface area contributed by atoms with Crippen molar-refractivity contribution in [2.45, 2.75) is 40.3 Å². The fourth-order valence-electron chi connectivity index (χ4n) is 3.18. The van der Waals surface area contributed by atoms with E-state index in [1.807, 2.05) is 20.8 Å². The standard InChI is InChI=1S/C22H26F2N4O2/c1-13(2)25-8-9-26-22(29)20-15(4)27-21-19(10-14(3)11-28(20)21)30-12-16-17(23)6-5-7-18(16)24/h5-7,10-11,13,25H,8-9,12H2,1-4H3,(H,26,29). The molecule has 0 radical (unpaired) electrons. The van der Waals surface area contributed by atoms with Crippen LogP contribution in [0.2, 0.25) is 0 Å². The maximum absolute atomic E-state index is 13.9. The average molecular weight is 416 g/mol. The van der Waals surface area contributed by atoms with Crippen molar-refractivity contribution in [2.75, 3.05) is 13.1 Å². The summed E-state index contributed by atoms with van der Waals surface area (Å²) in [5, 5.41) is 6.12. The molecule has 1 aromatic carbocycles. The quantitative estimate of drug-likeness (QED) is 0.552. The molecule has 3 rings (SSSR count). The third-order valence-electron chi connectivity index (χ3n) is 4.61. The van der Waals surface area contributed by atoms with Crippen LogP contribution in [0.1, 0.15) is 41.2 Å². The molecule has 3 aromatic rings. The predicted octanol–water partition coefficient (Wildman–Crippen LogP) is 3.54. The minimum Gasteiger partial charge on any atom is -0.485 e. The van der Waals surface area contributed by atoms with Crippen LogP contribution in [0, 0.1) is 25.5 Å². The number of hydrogen-bond donors (Lipinski definition) is 2. The number of pyridine rings is 1. The number of nitrogens with one attached hydrogen (secondary N) is 2. The number of nitrogens with zero attached hydrogens (tertiary/aromatic N) is 2. The number of aryl methyl sites for hydroxylation is 2. The lowest BCUT2D eigenvalue weighted by Crippen LogP contribution is -2.35. The summed E-state index contributed by atoms with van der Waals surface area (Å²) >= 11 is 0. The number of benzene rings is 1. The summed E-state index contributed by atoms with van der Waals surface area (Å²) in [5.41, 5.74) is 2.02. The highest BCUT2D eigenvalue weighted by Crippen LogP contribution is 2.25. The van der Waals surface area contributed by atoms with Gasteiger partial charge in [-0.3, -0.25) is 9.20 Å². The summed E-state index contributed by atoms with van der Waals surface area (Å²) in [6.07, 6.45) is 1.78. The number of aromatic nitrogens is 2. The van der Waals surface area contributed by atoms with Gasteiger partial charge < -0.3 is 15.4 Å². The van der Waals surface area contributed by atoms with Gasteiger partial charge in [-0.25, -0.2) is 13.8 Å². The summed E-state index contributed by atoms with van der Waals surface area (Å²) in [5.74, 6) is -1.25. The molecule has 0 spiro atoms. The molecule has 0 aliphatic heterocycles. The third-order valence-corrected chi connectivity index (χ3v) is 4.61. The fraction of sp³-hybridized carbons (Fsp3) is 0.364. The smallest absolute Gasteiger partial charge is 0.270 e. The summed E-state index contributed by atoms with van der Waals surface area (Å²) in [4.78, 5) is 17.2. The van der Waals surface area contributed by atoms with E-state index < -0.39 is 11.6 Å². The Morgan fingerprint density at radius 3 is 2.57 bits per heavy atom. The highest BCUT2D eigenvalue weighted by Gasteiger charge is 2.20. The van der Waals surface area contributed by atoms with E-state index in [0.29, 0.717) is 41.9 Å². The highest BCUT2D eigenvalue weighted by atomic mass is 19.1. The SMILES string of the molecule is Cc1cc(OCc2c(F)cccc2F)c2nc(C)c(C(=O)NCCNC(C)C)n2c1. The summed E-state index contributed by atoms with van der Waals surface area (Å²) in [6.45, 7) is 8.50. The number of hydrogen-bond acceptors (Lipinski definition) is 4. The van der Waals surface area contributed by atoms with Crippen molar-refractivity contribution in [3.8, 4) is 5.75 Å². The number of carbonyl (C=O) groups is 1. The number of halogens is 2. The predicted molar refractivity (Wildman–Crippen MR) is 111 cm³/mol. The van der Waals surface area contributed by atoms with E-state index in [4.69, 9.17) is 4.74 Å². The van der Waals surface area contributed by atoms with Gasteiger partial charge in [0.2, 0.25) is 0 Å². The molecule has 2 aromatic heterocycles. The van der Waals surface area contributed by atoms with Crippen molar-refractivity contribution in [2.24, 2.45) is 0 Å². The Balaban J connectivity index is 1.85. The molecule has 0 aliphatic rings. The monoisotopic (exact) mass is 416 g/mol. The Hall–Kier alpha value is -3.00. The van der Waals surface area contributed by atoms with Crippen molar-refractivity contribution in [3.05, 3.63) is 64.6 Å². The number of amides is 1. The molecule has 6 nitrogen and oxygen atoms in total. The van der Waals surface area contributed by atoms with E-state index in [1.165, 1.54) is 18.2 Å². The molecule has 0 fully saturated rings. The van der Waals surface area contributed by atoms with Crippen LogP contribution in [0.25, 0.3) is 5.65 Å². The minimum atomic E-state index is -0.673. The van der Waals surface area contributed by atoms with E-state index in [0.717, 1.165) is 5.56 Å². The second-order valence-corrected chi connectivity index (χ2v) is 7.47. The minimum absolute atomic E-state index is 0.156. The Bertz CT molecular complexity index is 1040. The molecule has 0 unspecified atom stereocenters. The second-order valence-electron chi connectivity index (χ2n) is 7.47. The van der Waals surface area contributed by atoms with Crippen molar-refractivity contribution in [3.63, 3.8) is 0 Å². The molecule has 0 saturated heterocycles. The normalized spacial score (nSPS) is 11.3. The zero-order valence-electron chi connectivity index (χ0n) is 17.6. The van der Waals surface area contributed by atoms with E-state index in [9.17, 15) is 13.6 Å². The Labute approximate surface area is 174 Å². The zero-order chi connectivity index (χ0) is 21.8. The molecule has 2 heterocycles. The second kappa shape index (κ2) is 9.21.